The highest BCUT2D eigenvalue weighted by Crippen LogP contribution is 2.20. The molecule has 2 aliphatic rings. The molecule has 2 heterocycles. The third kappa shape index (κ3) is 2.46. The average Bonchev–Trinajstić information content (AvgIpc) is 2.63. The Labute approximate surface area is 99.2 Å². The Morgan fingerprint density at radius 3 is 2.75 bits per heavy atom. The molecule has 1 atom stereocenters. The molecule has 2 fully saturated rings. The minimum absolute atomic E-state index is 0.0254. The van der Waals surface area contributed by atoms with Crippen molar-refractivity contribution in [3.8, 4) is 0 Å². The zero-order valence-electron chi connectivity index (χ0n) is 9.78. The molecule has 4 nitrogen and oxygen atoms in total. The van der Waals surface area contributed by atoms with Crippen LogP contribution in [0.15, 0.2) is 0 Å². The van der Waals surface area contributed by atoms with E-state index >= 15 is 0 Å². The van der Waals surface area contributed by atoms with E-state index < -0.39 is 10.8 Å². The van der Waals surface area contributed by atoms with Crippen molar-refractivity contribution in [1.82, 2.24) is 10.2 Å². The van der Waals surface area contributed by atoms with Gasteiger partial charge < -0.3 is 4.90 Å². The molecule has 2 saturated heterocycles. The number of hydrogen-bond donors (Lipinski definition) is 1. The third-order valence-corrected chi connectivity index (χ3v) is 4.85. The zero-order valence-corrected chi connectivity index (χ0v) is 10.6. The van der Waals surface area contributed by atoms with Crippen molar-refractivity contribution in [2.24, 2.45) is 0 Å². The predicted molar refractivity (Wildman–Crippen MR) is 64.4 cm³/mol. The Morgan fingerprint density at radius 2 is 2.12 bits per heavy atom. The van der Waals surface area contributed by atoms with Crippen LogP contribution in [0.4, 0.5) is 0 Å². The second kappa shape index (κ2) is 5.27. The van der Waals surface area contributed by atoms with E-state index in [9.17, 15) is 9.00 Å². The van der Waals surface area contributed by atoms with Gasteiger partial charge in [0.25, 0.3) is 0 Å². The third-order valence-electron chi connectivity index (χ3n) is 3.46. The SMILES string of the molecule is CCCC1NCN(C2CCS(=O)CC2)C1=O. The Hall–Kier alpha value is -0.420. The highest BCUT2D eigenvalue weighted by Gasteiger charge is 2.35. The van der Waals surface area contributed by atoms with Gasteiger partial charge in [0.15, 0.2) is 0 Å². The maximum absolute atomic E-state index is 12.1. The zero-order chi connectivity index (χ0) is 11.5. The van der Waals surface area contributed by atoms with Gasteiger partial charge in [-0.25, -0.2) is 0 Å². The number of rotatable bonds is 3. The molecule has 2 rings (SSSR count). The monoisotopic (exact) mass is 244 g/mol. The molecule has 1 amide bonds. The molecule has 0 aliphatic carbocycles. The standard InChI is InChI=1S/C11H20N2O2S/c1-2-3-10-11(14)13(8-12-10)9-4-6-16(15)7-5-9/h9-10,12H,2-8H2,1H3. The minimum atomic E-state index is -0.643. The maximum atomic E-state index is 12.1. The smallest absolute Gasteiger partial charge is 0.241 e. The van der Waals surface area contributed by atoms with Gasteiger partial charge in [-0.05, 0) is 19.3 Å². The summed E-state index contributed by atoms with van der Waals surface area (Å²) in [5.41, 5.74) is 0. The van der Waals surface area contributed by atoms with Gasteiger partial charge in [0.05, 0.1) is 12.7 Å². The fraction of sp³-hybridized carbons (Fsp3) is 0.909. The first-order valence-corrected chi connectivity index (χ1v) is 7.60. The fourth-order valence-corrected chi connectivity index (χ4v) is 3.76. The van der Waals surface area contributed by atoms with Crippen LogP contribution in [0.5, 0.6) is 0 Å². The minimum Gasteiger partial charge on any atom is -0.326 e. The largest absolute Gasteiger partial charge is 0.326 e. The number of nitrogens with zero attached hydrogens (tertiary/aromatic N) is 1. The molecule has 1 N–H and O–H groups in total. The molecule has 2 aliphatic heterocycles. The first-order chi connectivity index (χ1) is 7.72. The predicted octanol–water partition coefficient (Wildman–Crippen LogP) is 0.456. The van der Waals surface area contributed by atoms with Crippen LogP contribution in [0, 0.1) is 0 Å². The van der Waals surface area contributed by atoms with E-state index in [2.05, 4.69) is 12.2 Å². The van der Waals surface area contributed by atoms with Crippen molar-refractivity contribution in [3.05, 3.63) is 0 Å². The lowest BCUT2D eigenvalue weighted by Crippen LogP contribution is -2.42. The van der Waals surface area contributed by atoms with Gasteiger partial charge in [-0.2, -0.15) is 0 Å². The summed E-state index contributed by atoms with van der Waals surface area (Å²) in [5, 5.41) is 3.27. The molecule has 16 heavy (non-hydrogen) atoms. The van der Waals surface area contributed by atoms with Crippen LogP contribution in [0.2, 0.25) is 0 Å². The molecule has 92 valence electrons. The highest BCUT2D eigenvalue weighted by molar-refractivity contribution is 7.85. The Kier molecular flexibility index (Phi) is 3.97. The van der Waals surface area contributed by atoms with Gasteiger partial charge in [0.1, 0.15) is 0 Å². The Balaban J connectivity index is 1.91. The molecule has 0 aromatic heterocycles. The summed E-state index contributed by atoms with van der Waals surface area (Å²) in [5.74, 6) is 1.76. The van der Waals surface area contributed by atoms with E-state index in [1.807, 2.05) is 4.90 Å². The van der Waals surface area contributed by atoms with Gasteiger partial charge in [0, 0.05) is 28.3 Å². The fourth-order valence-electron chi connectivity index (χ4n) is 2.49. The molecule has 0 aromatic rings. The lowest BCUT2D eigenvalue weighted by atomic mass is 10.1. The summed E-state index contributed by atoms with van der Waals surface area (Å²) in [6.45, 7) is 2.78. The van der Waals surface area contributed by atoms with Gasteiger partial charge >= 0.3 is 0 Å². The van der Waals surface area contributed by atoms with Crippen molar-refractivity contribution in [2.75, 3.05) is 18.2 Å². The average molecular weight is 244 g/mol. The summed E-state index contributed by atoms with van der Waals surface area (Å²) in [7, 11) is -0.643. The van der Waals surface area contributed by atoms with Crippen molar-refractivity contribution in [2.45, 2.75) is 44.7 Å². The summed E-state index contributed by atoms with van der Waals surface area (Å²) >= 11 is 0. The second-order valence-electron chi connectivity index (χ2n) is 4.59. The van der Waals surface area contributed by atoms with Crippen LogP contribution in [0.1, 0.15) is 32.6 Å². The van der Waals surface area contributed by atoms with Gasteiger partial charge in [-0.3, -0.25) is 14.3 Å². The van der Waals surface area contributed by atoms with Crippen LogP contribution in [0.25, 0.3) is 0 Å². The normalized spacial score (nSPS) is 35.7. The Bertz CT molecular complexity index is 286. The first-order valence-electron chi connectivity index (χ1n) is 6.11. The Morgan fingerprint density at radius 1 is 1.44 bits per heavy atom. The number of hydrogen-bond acceptors (Lipinski definition) is 3. The summed E-state index contributed by atoms with van der Waals surface area (Å²) in [4.78, 5) is 14.0. The van der Waals surface area contributed by atoms with E-state index in [0.29, 0.717) is 12.7 Å². The molecule has 0 aromatic carbocycles. The number of amides is 1. The lowest BCUT2D eigenvalue weighted by molar-refractivity contribution is -0.131. The van der Waals surface area contributed by atoms with Gasteiger partial charge in [0.2, 0.25) is 5.91 Å². The molecule has 0 radical (unpaired) electrons. The van der Waals surface area contributed by atoms with Crippen molar-refractivity contribution >= 4 is 16.7 Å². The first kappa shape index (κ1) is 12.0. The molecule has 0 bridgehead atoms. The summed E-state index contributed by atoms with van der Waals surface area (Å²) in [6.07, 6.45) is 3.76. The topological polar surface area (TPSA) is 49.4 Å². The van der Waals surface area contributed by atoms with Crippen LogP contribution < -0.4 is 5.32 Å². The highest BCUT2D eigenvalue weighted by atomic mass is 32.2. The van der Waals surface area contributed by atoms with Crippen LogP contribution in [-0.2, 0) is 15.6 Å². The molecule has 5 heteroatoms. The van der Waals surface area contributed by atoms with Crippen molar-refractivity contribution in [3.63, 3.8) is 0 Å². The number of carbonyl (C=O) groups is 1. The van der Waals surface area contributed by atoms with E-state index in [-0.39, 0.29) is 11.9 Å². The quantitative estimate of drug-likeness (QED) is 0.784. The van der Waals surface area contributed by atoms with Crippen LogP contribution in [0.3, 0.4) is 0 Å². The van der Waals surface area contributed by atoms with E-state index in [0.717, 1.165) is 37.2 Å². The molecular formula is C11H20N2O2S. The van der Waals surface area contributed by atoms with E-state index in [4.69, 9.17) is 0 Å². The van der Waals surface area contributed by atoms with E-state index in [1.54, 1.807) is 0 Å². The maximum Gasteiger partial charge on any atom is 0.241 e. The second-order valence-corrected chi connectivity index (χ2v) is 6.29. The molecular weight excluding hydrogens is 224 g/mol. The van der Waals surface area contributed by atoms with Gasteiger partial charge in [-0.15, -0.1) is 0 Å². The lowest BCUT2D eigenvalue weighted by Gasteiger charge is -2.30. The molecule has 1 unspecified atom stereocenters. The van der Waals surface area contributed by atoms with Crippen LogP contribution >= 0.6 is 0 Å². The van der Waals surface area contributed by atoms with Crippen molar-refractivity contribution in [1.29, 1.82) is 0 Å². The van der Waals surface area contributed by atoms with Gasteiger partial charge in [-0.1, -0.05) is 13.3 Å². The van der Waals surface area contributed by atoms with Crippen LogP contribution in [-0.4, -0.2) is 45.3 Å². The number of nitrogens with one attached hydrogen (secondary N) is 1. The number of carbonyl (C=O) groups excluding carboxylic acids is 1. The molecule has 0 spiro atoms. The summed E-state index contributed by atoms with van der Waals surface area (Å²) < 4.78 is 11.3. The summed E-state index contributed by atoms with van der Waals surface area (Å²) in [6, 6.07) is 0.344. The van der Waals surface area contributed by atoms with Crippen molar-refractivity contribution < 1.29 is 9.00 Å². The van der Waals surface area contributed by atoms with E-state index in [1.165, 1.54) is 0 Å². The molecule has 0 saturated carbocycles.